The Kier molecular flexibility index (Phi) is 6.42. The second-order valence-corrected chi connectivity index (χ2v) is 16.9. The van der Waals surface area contributed by atoms with Crippen molar-refractivity contribution in [2.75, 3.05) is 0 Å². The molecule has 0 unspecified atom stereocenters. The van der Waals surface area contributed by atoms with Gasteiger partial charge in [0.05, 0.1) is 0 Å². The van der Waals surface area contributed by atoms with Crippen LogP contribution in [0.5, 0.6) is 0 Å². The highest BCUT2D eigenvalue weighted by Gasteiger charge is 2.22. The molecule has 0 N–H and O–H groups in total. The molecule has 262 valence electrons. The van der Waals surface area contributed by atoms with Crippen LogP contribution in [0.1, 0.15) is 26.3 Å². The van der Waals surface area contributed by atoms with Gasteiger partial charge in [0.2, 0.25) is 0 Å². The van der Waals surface area contributed by atoms with Crippen molar-refractivity contribution in [3.63, 3.8) is 0 Å². The van der Waals surface area contributed by atoms with E-state index in [0.717, 1.165) is 0 Å². The normalized spacial score (nSPS) is 12.6. The van der Waals surface area contributed by atoms with E-state index in [1.54, 1.807) is 0 Å². The van der Waals surface area contributed by atoms with Gasteiger partial charge in [0.25, 0.3) is 0 Å². The van der Waals surface area contributed by atoms with E-state index in [0.29, 0.717) is 0 Å². The average Bonchev–Trinajstić information content (AvgIpc) is 3.23. The molecular formula is C56H38. The van der Waals surface area contributed by atoms with E-state index in [2.05, 4.69) is 197 Å². The summed E-state index contributed by atoms with van der Waals surface area (Å²) in [4.78, 5) is 0. The Balaban J connectivity index is 1.07. The predicted molar refractivity (Wildman–Crippen MR) is 244 cm³/mol. The van der Waals surface area contributed by atoms with Gasteiger partial charge in [-0.15, -0.1) is 0 Å². The Hall–Kier alpha value is -6.76. The summed E-state index contributed by atoms with van der Waals surface area (Å²) in [6, 6.07) is 66.7. The highest BCUT2D eigenvalue weighted by molar-refractivity contribution is 6.27. The van der Waals surface area contributed by atoms with Crippen molar-refractivity contribution in [1.29, 1.82) is 0 Å². The standard InChI is InChI=1S/C56H38/c1-56(2,3)45-26-27-48-49(32-45)55(44-30-41-24-20-36-10-7-11-37-21-25-42(31-44)53(41)51(36)37)47-13-5-4-12-46(47)54(48)38-16-14-33(15-17-38)43-28-39-22-18-34-8-6-9-35-19-23-40(29-43)52(39)50(34)35/h4-32H,1-3H3. The van der Waals surface area contributed by atoms with E-state index in [1.165, 1.54) is 125 Å². The highest BCUT2D eigenvalue weighted by Crippen LogP contribution is 2.47. The fraction of sp³-hybridized carbons (Fsp3) is 0.0714. The first-order valence-corrected chi connectivity index (χ1v) is 19.8. The van der Waals surface area contributed by atoms with Crippen molar-refractivity contribution >= 4 is 86.2 Å². The minimum absolute atomic E-state index is 0.00851. The second-order valence-electron chi connectivity index (χ2n) is 16.9. The predicted octanol–water partition coefficient (Wildman–Crippen LogP) is 16.1. The summed E-state index contributed by atoms with van der Waals surface area (Å²) in [5, 5.41) is 21.0. The van der Waals surface area contributed by atoms with Crippen LogP contribution >= 0.6 is 0 Å². The molecule has 0 atom stereocenters. The Bertz CT molecular complexity index is 3410. The Morgan fingerprint density at radius 1 is 0.268 bits per heavy atom. The maximum atomic E-state index is 2.47. The summed E-state index contributed by atoms with van der Waals surface area (Å²) >= 11 is 0. The zero-order chi connectivity index (χ0) is 37.3. The van der Waals surface area contributed by atoms with Gasteiger partial charge in [-0.05, 0) is 161 Å². The van der Waals surface area contributed by atoms with E-state index in [-0.39, 0.29) is 5.41 Å². The first-order valence-electron chi connectivity index (χ1n) is 19.8. The first kappa shape index (κ1) is 31.6. The first-order chi connectivity index (χ1) is 27.4. The Morgan fingerprint density at radius 2 is 0.661 bits per heavy atom. The Labute approximate surface area is 325 Å². The molecule has 0 saturated carbocycles. The third-order valence-corrected chi connectivity index (χ3v) is 12.6. The zero-order valence-electron chi connectivity index (χ0n) is 31.7. The largest absolute Gasteiger partial charge is 0.0616 e. The van der Waals surface area contributed by atoms with E-state index in [9.17, 15) is 0 Å². The lowest BCUT2D eigenvalue weighted by atomic mass is 9.80. The van der Waals surface area contributed by atoms with E-state index < -0.39 is 0 Å². The summed E-state index contributed by atoms with van der Waals surface area (Å²) in [5.74, 6) is 0. The molecule has 56 heavy (non-hydrogen) atoms. The van der Waals surface area contributed by atoms with Crippen LogP contribution < -0.4 is 0 Å². The van der Waals surface area contributed by atoms with Crippen molar-refractivity contribution in [1.82, 2.24) is 0 Å². The van der Waals surface area contributed by atoms with Crippen LogP contribution in [0.25, 0.3) is 120 Å². The van der Waals surface area contributed by atoms with Crippen molar-refractivity contribution in [2.45, 2.75) is 26.2 Å². The van der Waals surface area contributed by atoms with Crippen molar-refractivity contribution in [3.05, 3.63) is 181 Å². The fourth-order valence-electron chi connectivity index (χ4n) is 9.91. The van der Waals surface area contributed by atoms with Gasteiger partial charge in [-0.2, -0.15) is 0 Å². The van der Waals surface area contributed by atoms with Crippen LogP contribution in [-0.4, -0.2) is 0 Å². The minimum Gasteiger partial charge on any atom is -0.0616 e. The number of fused-ring (bicyclic) bond motifs is 2. The van der Waals surface area contributed by atoms with Crippen LogP contribution in [0.2, 0.25) is 0 Å². The van der Waals surface area contributed by atoms with Crippen LogP contribution in [0.4, 0.5) is 0 Å². The molecule has 0 aliphatic heterocycles. The summed E-state index contributed by atoms with van der Waals surface area (Å²) in [5.41, 5.74) is 8.92. The maximum absolute atomic E-state index is 2.47. The molecule has 0 saturated heterocycles. The van der Waals surface area contributed by atoms with E-state index >= 15 is 0 Å². The molecule has 0 nitrogen and oxygen atoms in total. The smallest absolute Gasteiger partial charge is 0.00258 e. The van der Waals surface area contributed by atoms with Gasteiger partial charge < -0.3 is 0 Å². The monoisotopic (exact) mass is 710 g/mol. The zero-order valence-corrected chi connectivity index (χ0v) is 31.7. The second kappa shape index (κ2) is 11.4. The Morgan fingerprint density at radius 3 is 1.14 bits per heavy atom. The van der Waals surface area contributed by atoms with Crippen LogP contribution in [0.3, 0.4) is 0 Å². The molecule has 0 fully saturated rings. The fourth-order valence-corrected chi connectivity index (χ4v) is 9.91. The van der Waals surface area contributed by atoms with Crippen LogP contribution in [0.15, 0.2) is 176 Å². The molecule has 12 rings (SSSR count). The average molecular weight is 711 g/mol. The number of hydrogen-bond acceptors (Lipinski definition) is 0. The lowest BCUT2D eigenvalue weighted by Crippen LogP contribution is -2.10. The molecule has 0 bridgehead atoms. The minimum atomic E-state index is 0.00851. The molecule has 12 aromatic rings. The van der Waals surface area contributed by atoms with Crippen LogP contribution in [-0.2, 0) is 5.41 Å². The quantitative estimate of drug-likeness (QED) is 0.126. The van der Waals surface area contributed by atoms with Crippen molar-refractivity contribution in [2.24, 2.45) is 0 Å². The summed E-state index contributed by atoms with van der Waals surface area (Å²) < 4.78 is 0. The topological polar surface area (TPSA) is 0 Å². The van der Waals surface area contributed by atoms with Gasteiger partial charge in [-0.3, -0.25) is 0 Å². The van der Waals surface area contributed by atoms with Gasteiger partial charge >= 0.3 is 0 Å². The van der Waals surface area contributed by atoms with Gasteiger partial charge in [0.15, 0.2) is 0 Å². The molecule has 0 aliphatic rings. The molecule has 0 aliphatic carbocycles. The van der Waals surface area contributed by atoms with Gasteiger partial charge in [0.1, 0.15) is 0 Å². The van der Waals surface area contributed by atoms with E-state index in [4.69, 9.17) is 0 Å². The van der Waals surface area contributed by atoms with Gasteiger partial charge in [-0.1, -0.05) is 166 Å². The molecule has 0 spiro atoms. The summed E-state index contributed by atoms with van der Waals surface area (Å²) in [7, 11) is 0. The molecule has 12 aromatic carbocycles. The molecule has 0 radical (unpaired) electrons. The molecular weight excluding hydrogens is 673 g/mol. The van der Waals surface area contributed by atoms with Crippen LogP contribution in [0, 0.1) is 0 Å². The van der Waals surface area contributed by atoms with Gasteiger partial charge in [0, 0.05) is 0 Å². The molecule has 0 aromatic heterocycles. The maximum Gasteiger partial charge on any atom is -0.00258 e. The van der Waals surface area contributed by atoms with E-state index in [1.807, 2.05) is 0 Å². The molecule has 0 heterocycles. The number of benzene rings is 12. The summed E-state index contributed by atoms with van der Waals surface area (Å²) in [6.07, 6.45) is 0. The number of rotatable bonds is 3. The highest BCUT2D eigenvalue weighted by atomic mass is 14.3. The lowest BCUT2D eigenvalue weighted by Gasteiger charge is -2.23. The van der Waals surface area contributed by atoms with Crippen molar-refractivity contribution < 1.29 is 0 Å². The molecule has 0 amide bonds. The SMILES string of the molecule is CC(C)(C)c1ccc2c(-c3ccc(-c4cc5ccc6cccc7ccc(c4)c5c67)cc3)c3ccccc3c(-c3cc4ccc5cccc6ccc(c3)c4c56)c2c1. The number of hydrogen-bond donors (Lipinski definition) is 0. The van der Waals surface area contributed by atoms with Gasteiger partial charge in [-0.25, -0.2) is 0 Å². The third-order valence-electron chi connectivity index (χ3n) is 12.6. The summed E-state index contributed by atoms with van der Waals surface area (Å²) in [6.45, 7) is 6.96. The molecule has 0 heteroatoms. The van der Waals surface area contributed by atoms with Crippen molar-refractivity contribution in [3.8, 4) is 33.4 Å². The lowest BCUT2D eigenvalue weighted by molar-refractivity contribution is 0.591. The third kappa shape index (κ3) is 4.53.